The van der Waals surface area contributed by atoms with Gasteiger partial charge in [-0.1, -0.05) is 45.0 Å². The Labute approximate surface area is 92.2 Å². The maximum Gasteiger partial charge on any atom is 0.0995 e. The van der Waals surface area contributed by atoms with Crippen molar-refractivity contribution in [3.63, 3.8) is 0 Å². The molecule has 0 saturated heterocycles. The predicted octanol–water partition coefficient (Wildman–Crippen LogP) is 2.90. The number of nitrogens with zero attached hydrogens (tertiary/aromatic N) is 1. The molecule has 0 heterocycles. The van der Waals surface area contributed by atoms with Crippen molar-refractivity contribution in [2.75, 3.05) is 0 Å². The minimum Gasteiger partial charge on any atom is -0.387 e. The number of hydrogen-bond donors (Lipinski definition) is 1. The summed E-state index contributed by atoms with van der Waals surface area (Å²) in [7, 11) is 0. The summed E-state index contributed by atoms with van der Waals surface area (Å²) in [5, 5.41) is 0. The highest BCUT2D eigenvalue weighted by molar-refractivity contribution is 5.85. The summed E-state index contributed by atoms with van der Waals surface area (Å²) in [4.78, 5) is 4.42. The molecule has 15 heavy (non-hydrogen) atoms. The molecule has 1 aromatic carbocycles. The largest absolute Gasteiger partial charge is 0.387 e. The number of nitrogens with two attached hydrogens (primary N) is 1. The van der Waals surface area contributed by atoms with Gasteiger partial charge in [-0.25, -0.2) is 0 Å². The van der Waals surface area contributed by atoms with Crippen LogP contribution in [-0.2, 0) is 6.54 Å². The van der Waals surface area contributed by atoms with Gasteiger partial charge in [-0.3, -0.25) is 4.99 Å². The quantitative estimate of drug-likeness (QED) is 0.584. The van der Waals surface area contributed by atoms with Crippen LogP contribution >= 0.6 is 0 Å². The number of benzene rings is 1. The fourth-order valence-electron chi connectivity index (χ4n) is 1.20. The fourth-order valence-corrected chi connectivity index (χ4v) is 1.20. The lowest BCUT2D eigenvalue weighted by Gasteiger charge is -2.17. The Balaban J connectivity index is 2.77. The molecule has 0 unspecified atom stereocenters. The van der Waals surface area contributed by atoms with Gasteiger partial charge < -0.3 is 5.73 Å². The van der Waals surface area contributed by atoms with Crippen LogP contribution in [0, 0.1) is 12.3 Å². The number of aliphatic imine (C=N–C) groups is 1. The zero-order valence-electron chi connectivity index (χ0n) is 10.0. The Kier molecular flexibility index (Phi) is 3.51. The molecule has 0 aliphatic heterocycles. The summed E-state index contributed by atoms with van der Waals surface area (Å²) in [6.45, 7) is 8.99. The van der Waals surface area contributed by atoms with E-state index in [1.165, 1.54) is 11.1 Å². The topological polar surface area (TPSA) is 38.4 Å². The Hall–Kier alpha value is -1.31. The van der Waals surface area contributed by atoms with Crippen LogP contribution in [0.15, 0.2) is 29.3 Å². The predicted molar refractivity (Wildman–Crippen MR) is 66.0 cm³/mol. The Morgan fingerprint density at radius 3 is 2.40 bits per heavy atom. The first kappa shape index (κ1) is 11.8. The van der Waals surface area contributed by atoms with Gasteiger partial charge in [0.1, 0.15) is 0 Å². The van der Waals surface area contributed by atoms with E-state index in [0.717, 1.165) is 0 Å². The highest BCUT2D eigenvalue weighted by Gasteiger charge is 2.14. The van der Waals surface area contributed by atoms with Crippen molar-refractivity contribution in [1.29, 1.82) is 0 Å². The second-order valence-electron chi connectivity index (χ2n) is 4.88. The first-order valence-corrected chi connectivity index (χ1v) is 5.26. The third kappa shape index (κ3) is 3.39. The van der Waals surface area contributed by atoms with E-state index in [9.17, 15) is 0 Å². The van der Waals surface area contributed by atoms with Crippen molar-refractivity contribution in [2.24, 2.45) is 16.1 Å². The third-order valence-electron chi connectivity index (χ3n) is 2.45. The molecule has 1 aromatic rings. The summed E-state index contributed by atoms with van der Waals surface area (Å²) >= 11 is 0. The smallest absolute Gasteiger partial charge is 0.0995 e. The van der Waals surface area contributed by atoms with Crippen molar-refractivity contribution in [2.45, 2.75) is 34.2 Å². The van der Waals surface area contributed by atoms with Gasteiger partial charge in [0.2, 0.25) is 0 Å². The molecule has 0 saturated carbocycles. The van der Waals surface area contributed by atoms with Crippen LogP contribution in [0.1, 0.15) is 31.9 Å². The number of rotatable bonds is 2. The normalized spacial score (nSPS) is 12.9. The van der Waals surface area contributed by atoms with E-state index < -0.39 is 0 Å². The lowest BCUT2D eigenvalue weighted by atomic mass is 9.95. The van der Waals surface area contributed by atoms with Crippen LogP contribution in [0.25, 0.3) is 0 Å². The monoisotopic (exact) mass is 204 g/mol. The lowest BCUT2D eigenvalue weighted by molar-refractivity contribution is 0.581. The van der Waals surface area contributed by atoms with Crippen molar-refractivity contribution in [1.82, 2.24) is 0 Å². The molecule has 0 aliphatic rings. The molecule has 0 atom stereocenters. The van der Waals surface area contributed by atoms with Gasteiger partial charge in [-0.05, 0) is 18.1 Å². The van der Waals surface area contributed by atoms with Crippen molar-refractivity contribution >= 4 is 5.84 Å². The van der Waals surface area contributed by atoms with E-state index in [1.807, 2.05) is 12.1 Å². The van der Waals surface area contributed by atoms with E-state index in [4.69, 9.17) is 5.73 Å². The van der Waals surface area contributed by atoms with Gasteiger partial charge in [0.15, 0.2) is 0 Å². The summed E-state index contributed by atoms with van der Waals surface area (Å²) < 4.78 is 0. The molecule has 0 aromatic heterocycles. The number of amidine groups is 1. The first-order valence-electron chi connectivity index (χ1n) is 5.26. The average molecular weight is 204 g/mol. The van der Waals surface area contributed by atoms with Crippen LogP contribution in [0.2, 0.25) is 0 Å². The molecule has 0 bridgehead atoms. The molecular formula is C13H20N2. The molecule has 82 valence electrons. The Morgan fingerprint density at radius 1 is 1.27 bits per heavy atom. The van der Waals surface area contributed by atoms with Crippen LogP contribution in [0.3, 0.4) is 0 Å². The summed E-state index contributed by atoms with van der Waals surface area (Å²) in [5.74, 6) is 0.714. The summed E-state index contributed by atoms with van der Waals surface area (Å²) in [6.07, 6.45) is 0. The Morgan fingerprint density at radius 2 is 1.87 bits per heavy atom. The third-order valence-corrected chi connectivity index (χ3v) is 2.45. The lowest BCUT2D eigenvalue weighted by Crippen LogP contribution is -2.29. The molecule has 2 N–H and O–H groups in total. The van der Waals surface area contributed by atoms with Crippen molar-refractivity contribution in [3.8, 4) is 0 Å². The zero-order chi connectivity index (χ0) is 11.5. The molecule has 0 radical (unpaired) electrons. The first-order chi connectivity index (χ1) is 6.91. The van der Waals surface area contributed by atoms with Crippen molar-refractivity contribution in [3.05, 3.63) is 35.4 Å². The number of hydrogen-bond acceptors (Lipinski definition) is 1. The fraction of sp³-hybridized carbons (Fsp3) is 0.462. The number of aryl methyl sites for hydroxylation is 1. The molecule has 0 amide bonds. The summed E-state index contributed by atoms with van der Waals surface area (Å²) in [6, 6.07) is 8.26. The minimum absolute atomic E-state index is 0.0390. The molecule has 2 nitrogen and oxygen atoms in total. The molecule has 0 fully saturated rings. The zero-order valence-corrected chi connectivity index (χ0v) is 10.0. The van der Waals surface area contributed by atoms with Crippen LogP contribution in [0.4, 0.5) is 0 Å². The minimum atomic E-state index is -0.0390. The van der Waals surface area contributed by atoms with Crippen LogP contribution < -0.4 is 5.73 Å². The van der Waals surface area contributed by atoms with Gasteiger partial charge in [0.25, 0.3) is 0 Å². The highest BCUT2D eigenvalue weighted by atomic mass is 14.9. The van der Waals surface area contributed by atoms with Crippen LogP contribution in [0.5, 0.6) is 0 Å². The van der Waals surface area contributed by atoms with Crippen LogP contribution in [-0.4, -0.2) is 5.84 Å². The van der Waals surface area contributed by atoms with E-state index in [0.29, 0.717) is 12.4 Å². The molecule has 2 heteroatoms. The molecule has 1 rings (SSSR count). The van der Waals surface area contributed by atoms with E-state index in [1.54, 1.807) is 0 Å². The van der Waals surface area contributed by atoms with Crippen molar-refractivity contribution < 1.29 is 0 Å². The van der Waals surface area contributed by atoms with E-state index in [2.05, 4.69) is 44.8 Å². The van der Waals surface area contributed by atoms with Gasteiger partial charge >= 0.3 is 0 Å². The molecule has 0 aliphatic carbocycles. The molecule has 0 spiro atoms. The van der Waals surface area contributed by atoms with Gasteiger partial charge in [-0.2, -0.15) is 0 Å². The van der Waals surface area contributed by atoms with Gasteiger partial charge in [0, 0.05) is 5.41 Å². The second kappa shape index (κ2) is 4.47. The maximum atomic E-state index is 5.90. The Bertz CT molecular complexity index is 359. The maximum absolute atomic E-state index is 5.90. The SMILES string of the molecule is Cc1ccccc1CN=C(N)C(C)(C)C. The summed E-state index contributed by atoms with van der Waals surface area (Å²) in [5.41, 5.74) is 8.37. The van der Waals surface area contributed by atoms with Gasteiger partial charge in [-0.15, -0.1) is 0 Å². The van der Waals surface area contributed by atoms with E-state index >= 15 is 0 Å². The standard InChI is InChI=1S/C13H20N2/c1-10-7-5-6-8-11(10)9-15-12(14)13(2,3)4/h5-8H,9H2,1-4H3,(H2,14,15). The highest BCUT2D eigenvalue weighted by Crippen LogP contribution is 2.14. The van der Waals surface area contributed by atoms with Gasteiger partial charge in [0.05, 0.1) is 12.4 Å². The molecular weight excluding hydrogens is 184 g/mol. The van der Waals surface area contributed by atoms with E-state index in [-0.39, 0.29) is 5.41 Å². The second-order valence-corrected chi connectivity index (χ2v) is 4.88. The average Bonchev–Trinajstić information content (AvgIpc) is 2.14.